The quantitative estimate of drug-likeness (QED) is 0.843. The highest BCUT2D eigenvalue weighted by Gasteiger charge is 2.09. The summed E-state index contributed by atoms with van der Waals surface area (Å²) in [5, 5.41) is 3.32. The first-order valence-electron chi connectivity index (χ1n) is 7.20. The van der Waals surface area contributed by atoms with Crippen molar-refractivity contribution in [2.75, 3.05) is 7.05 Å². The first kappa shape index (κ1) is 14.7. The second kappa shape index (κ2) is 7.20. The van der Waals surface area contributed by atoms with E-state index in [1.807, 2.05) is 13.1 Å². The second-order valence-electron chi connectivity index (χ2n) is 5.19. The zero-order chi connectivity index (χ0) is 14.4. The predicted octanol–water partition coefficient (Wildman–Crippen LogP) is 3.76. The maximum absolute atomic E-state index is 13.2. The molecule has 0 bridgehead atoms. The summed E-state index contributed by atoms with van der Waals surface area (Å²) in [6, 6.07) is 15.9. The Bertz CT molecular complexity index is 533. The summed E-state index contributed by atoms with van der Waals surface area (Å²) < 4.78 is 13.2. The summed E-state index contributed by atoms with van der Waals surface area (Å²) in [7, 11) is 1.96. The molecule has 1 atom stereocenters. The fourth-order valence-electron chi connectivity index (χ4n) is 2.42. The number of hydrogen-bond acceptors (Lipinski definition) is 1. The van der Waals surface area contributed by atoms with Gasteiger partial charge in [-0.1, -0.05) is 43.3 Å². The molecule has 0 aliphatic heterocycles. The van der Waals surface area contributed by atoms with Gasteiger partial charge < -0.3 is 5.32 Å². The average Bonchev–Trinajstić information content (AvgIpc) is 2.47. The highest BCUT2D eigenvalue weighted by atomic mass is 19.1. The Morgan fingerprint density at radius 1 is 0.950 bits per heavy atom. The molecule has 1 N–H and O–H groups in total. The van der Waals surface area contributed by atoms with E-state index in [0.717, 1.165) is 24.8 Å². The number of rotatable bonds is 6. The third-order valence-corrected chi connectivity index (χ3v) is 3.69. The van der Waals surface area contributed by atoms with Gasteiger partial charge in [0.1, 0.15) is 5.82 Å². The molecule has 2 aromatic carbocycles. The number of benzene rings is 2. The predicted molar refractivity (Wildman–Crippen MR) is 82.5 cm³/mol. The largest absolute Gasteiger partial charge is 0.316 e. The van der Waals surface area contributed by atoms with Crippen LogP contribution in [0.2, 0.25) is 0 Å². The van der Waals surface area contributed by atoms with Crippen molar-refractivity contribution >= 4 is 0 Å². The molecule has 0 aromatic heterocycles. The molecule has 0 amide bonds. The van der Waals surface area contributed by atoms with Crippen LogP contribution in [-0.2, 0) is 19.3 Å². The number of hydrogen-bond donors (Lipinski definition) is 1. The van der Waals surface area contributed by atoms with E-state index >= 15 is 0 Å². The highest BCUT2D eigenvalue weighted by Crippen LogP contribution is 2.12. The van der Waals surface area contributed by atoms with Gasteiger partial charge in [0.2, 0.25) is 0 Å². The normalized spacial score (nSPS) is 12.3. The maximum Gasteiger partial charge on any atom is 0.123 e. The first-order chi connectivity index (χ1) is 9.71. The number of nitrogens with one attached hydrogen (secondary N) is 1. The molecular weight excluding hydrogens is 249 g/mol. The van der Waals surface area contributed by atoms with E-state index in [9.17, 15) is 4.39 Å². The van der Waals surface area contributed by atoms with Gasteiger partial charge in [-0.2, -0.15) is 0 Å². The van der Waals surface area contributed by atoms with Crippen molar-refractivity contribution in [1.29, 1.82) is 0 Å². The van der Waals surface area contributed by atoms with Crippen LogP contribution < -0.4 is 5.32 Å². The SMILES string of the molecule is CCc1ccc(CC(Cc2cccc(F)c2)NC)cc1. The third-order valence-electron chi connectivity index (χ3n) is 3.69. The van der Waals surface area contributed by atoms with Gasteiger partial charge in [0, 0.05) is 6.04 Å². The van der Waals surface area contributed by atoms with Gasteiger partial charge in [-0.3, -0.25) is 0 Å². The van der Waals surface area contributed by atoms with Gasteiger partial charge >= 0.3 is 0 Å². The Morgan fingerprint density at radius 3 is 2.20 bits per heavy atom. The Balaban J connectivity index is 2.01. The molecule has 2 rings (SSSR count). The molecule has 1 nitrogen and oxygen atoms in total. The lowest BCUT2D eigenvalue weighted by Crippen LogP contribution is -2.29. The first-order valence-corrected chi connectivity index (χ1v) is 7.20. The Morgan fingerprint density at radius 2 is 1.60 bits per heavy atom. The van der Waals surface area contributed by atoms with Crippen molar-refractivity contribution in [3.05, 3.63) is 71.0 Å². The summed E-state index contributed by atoms with van der Waals surface area (Å²) in [6.07, 6.45) is 2.86. The van der Waals surface area contributed by atoms with Crippen molar-refractivity contribution < 1.29 is 4.39 Å². The lowest BCUT2D eigenvalue weighted by molar-refractivity contribution is 0.553. The summed E-state index contributed by atoms with van der Waals surface area (Å²) in [4.78, 5) is 0. The van der Waals surface area contributed by atoms with Crippen LogP contribution in [0.15, 0.2) is 48.5 Å². The Labute approximate surface area is 120 Å². The number of aryl methyl sites for hydroxylation is 1. The molecule has 2 aromatic rings. The number of halogens is 1. The lowest BCUT2D eigenvalue weighted by Gasteiger charge is -2.16. The van der Waals surface area contributed by atoms with Crippen molar-refractivity contribution in [3.8, 4) is 0 Å². The molecule has 0 saturated carbocycles. The molecule has 0 saturated heterocycles. The molecule has 106 valence electrons. The van der Waals surface area contributed by atoms with E-state index < -0.39 is 0 Å². The van der Waals surface area contributed by atoms with Gasteiger partial charge in [0.15, 0.2) is 0 Å². The van der Waals surface area contributed by atoms with Crippen LogP contribution >= 0.6 is 0 Å². The minimum Gasteiger partial charge on any atom is -0.316 e. The van der Waals surface area contributed by atoms with E-state index in [0.29, 0.717) is 6.04 Å². The molecule has 0 radical (unpaired) electrons. The molecular formula is C18H22FN. The van der Waals surface area contributed by atoms with Crippen LogP contribution in [-0.4, -0.2) is 13.1 Å². The van der Waals surface area contributed by atoms with Crippen LogP contribution in [0, 0.1) is 5.82 Å². The molecule has 1 unspecified atom stereocenters. The number of likely N-dealkylation sites (N-methyl/N-ethyl adjacent to an activating group) is 1. The summed E-state index contributed by atoms with van der Waals surface area (Å²) >= 11 is 0. The van der Waals surface area contributed by atoms with Crippen LogP contribution in [0.5, 0.6) is 0 Å². The van der Waals surface area contributed by atoms with Crippen LogP contribution in [0.3, 0.4) is 0 Å². The van der Waals surface area contributed by atoms with E-state index in [2.05, 4.69) is 36.5 Å². The van der Waals surface area contributed by atoms with Crippen molar-refractivity contribution in [1.82, 2.24) is 5.32 Å². The standard InChI is InChI=1S/C18H22FN/c1-3-14-7-9-15(10-8-14)12-18(20-2)13-16-5-4-6-17(19)11-16/h4-11,18,20H,3,12-13H2,1-2H3. The highest BCUT2D eigenvalue weighted by molar-refractivity contribution is 5.24. The Hall–Kier alpha value is -1.67. The van der Waals surface area contributed by atoms with Gasteiger partial charge in [0.05, 0.1) is 0 Å². The van der Waals surface area contributed by atoms with Crippen LogP contribution in [0.25, 0.3) is 0 Å². The van der Waals surface area contributed by atoms with Crippen molar-refractivity contribution in [2.24, 2.45) is 0 Å². The van der Waals surface area contributed by atoms with Gasteiger partial charge in [0.25, 0.3) is 0 Å². The molecule has 20 heavy (non-hydrogen) atoms. The summed E-state index contributed by atoms with van der Waals surface area (Å²) in [5.74, 6) is -0.162. The van der Waals surface area contributed by atoms with Crippen LogP contribution in [0.4, 0.5) is 4.39 Å². The molecule has 0 spiro atoms. The zero-order valence-corrected chi connectivity index (χ0v) is 12.2. The third kappa shape index (κ3) is 4.17. The van der Waals surface area contributed by atoms with Gasteiger partial charge in [-0.25, -0.2) is 4.39 Å². The topological polar surface area (TPSA) is 12.0 Å². The molecule has 0 aliphatic rings. The second-order valence-corrected chi connectivity index (χ2v) is 5.19. The van der Waals surface area contributed by atoms with Gasteiger partial charge in [-0.05, 0) is 55.1 Å². The summed E-state index contributed by atoms with van der Waals surface area (Å²) in [5.41, 5.74) is 3.72. The molecule has 0 fully saturated rings. The van der Waals surface area contributed by atoms with Gasteiger partial charge in [-0.15, -0.1) is 0 Å². The zero-order valence-electron chi connectivity index (χ0n) is 12.2. The van der Waals surface area contributed by atoms with Crippen LogP contribution in [0.1, 0.15) is 23.6 Å². The van der Waals surface area contributed by atoms with E-state index in [-0.39, 0.29) is 5.82 Å². The van der Waals surface area contributed by atoms with Crippen molar-refractivity contribution in [2.45, 2.75) is 32.2 Å². The minimum atomic E-state index is -0.162. The average molecular weight is 271 g/mol. The van der Waals surface area contributed by atoms with E-state index in [4.69, 9.17) is 0 Å². The lowest BCUT2D eigenvalue weighted by atomic mass is 9.98. The summed E-state index contributed by atoms with van der Waals surface area (Å²) in [6.45, 7) is 2.16. The molecule has 0 heterocycles. The molecule has 0 aliphatic carbocycles. The fraction of sp³-hybridized carbons (Fsp3) is 0.333. The fourth-order valence-corrected chi connectivity index (χ4v) is 2.42. The Kier molecular flexibility index (Phi) is 5.31. The maximum atomic E-state index is 13.2. The smallest absolute Gasteiger partial charge is 0.123 e. The van der Waals surface area contributed by atoms with Crippen molar-refractivity contribution in [3.63, 3.8) is 0 Å². The monoisotopic (exact) mass is 271 g/mol. The molecule has 2 heteroatoms. The van der Waals surface area contributed by atoms with E-state index in [1.54, 1.807) is 12.1 Å². The van der Waals surface area contributed by atoms with E-state index in [1.165, 1.54) is 17.2 Å². The minimum absolute atomic E-state index is 0.162.